The fourth-order valence-corrected chi connectivity index (χ4v) is 3.55. The molecule has 1 saturated heterocycles. The maximum absolute atomic E-state index is 13.4. The van der Waals surface area contributed by atoms with Crippen molar-refractivity contribution in [1.29, 1.82) is 0 Å². The quantitative estimate of drug-likeness (QED) is 0.783. The fourth-order valence-electron chi connectivity index (χ4n) is 3.55. The summed E-state index contributed by atoms with van der Waals surface area (Å²) in [5.41, 5.74) is 0.953. The molecular weight excluding hydrogens is 330 g/mol. The van der Waals surface area contributed by atoms with Gasteiger partial charge in [-0.25, -0.2) is 4.98 Å². The molecule has 0 aliphatic carbocycles. The highest BCUT2D eigenvalue weighted by Crippen LogP contribution is 2.22. The first-order chi connectivity index (χ1) is 12.8. The van der Waals surface area contributed by atoms with Crippen LogP contribution in [0.15, 0.2) is 47.7 Å². The Hall–Kier alpha value is -2.96. The lowest BCUT2D eigenvalue weighted by Gasteiger charge is -2.27. The van der Waals surface area contributed by atoms with Gasteiger partial charge in [0.2, 0.25) is 5.91 Å². The Bertz CT molecular complexity index is 955. The number of carbonyl (C=O) groups is 1. The SMILES string of the molecule is O=C(C(c1ccccc1)n1cnc2[nH]ncc2c1=O)N1CCCCCC1. The van der Waals surface area contributed by atoms with Gasteiger partial charge in [0, 0.05) is 13.1 Å². The number of likely N-dealkylation sites (tertiary alicyclic amines) is 1. The van der Waals surface area contributed by atoms with E-state index in [-0.39, 0.29) is 11.5 Å². The maximum atomic E-state index is 13.4. The van der Waals surface area contributed by atoms with Crippen LogP contribution >= 0.6 is 0 Å². The molecule has 0 saturated carbocycles. The number of nitrogens with zero attached hydrogens (tertiary/aromatic N) is 4. The van der Waals surface area contributed by atoms with E-state index in [1.807, 2.05) is 35.2 Å². The van der Waals surface area contributed by atoms with Crippen molar-refractivity contribution in [2.75, 3.05) is 13.1 Å². The Morgan fingerprint density at radius 2 is 1.81 bits per heavy atom. The third-order valence-corrected chi connectivity index (χ3v) is 4.94. The first-order valence-electron chi connectivity index (χ1n) is 8.99. The Morgan fingerprint density at radius 3 is 2.54 bits per heavy atom. The second-order valence-electron chi connectivity index (χ2n) is 6.64. The minimum atomic E-state index is -0.714. The summed E-state index contributed by atoms with van der Waals surface area (Å²) >= 11 is 0. The van der Waals surface area contributed by atoms with Gasteiger partial charge in [0.25, 0.3) is 5.56 Å². The van der Waals surface area contributed by atoms with Crippen LogP contribution in [0.3, 0.4) is 0 Å². The predicted octanol–water partition coefficient (Wildman–Crippen LogP) is 2.11. The van der Waals surface area contributed by atoms with Crippen molar-refractivity contribution in [2.45, 2.75) is 31.7 Å². The van der Waals surface area contributed by atoms with Crippen LogP contribution in [0.4, 0.5) is 0 Å². The molecule has 2 aromatic heterocycles. The largest absolute Gasteiger partial charge is 0.341 e. The van der Waals surface area contributed by atoms with E-state index in [2.05, 4.69) is 15.2 Å². The van der Waals surface area contributed by atoms with Gasteiger partial charge in [0.15, 0.2) is 5.65 Å². The van der Waals surface area contributed by atoms with Crippen molar-refractivity contribution in [1.82, 2.24) is 24.6 Å². The van der Waals surface area contributed by atoms with E-state index in [1.165, 1.54) is 17.1 Å². The Labute approximate surface area is 150 Å². The molecule has 1 N–H and O–H groups in total. The Kier molecular flexibility index (Phi) is 4.51. The Balaban J connectivity index is 1.81. The molecule has 26 heavy (non-hydrogen) atoms. The van der Waals surface area contributed by atoms with Gasteiger partial charge in [0.1, 0.15) is 17.8 Å². The molecule has 1 amide bonds. The molecule has 1 aromatic carbocycles. The highest BCUT2D eigenvalue weighted by molar-refractivity contribution is 5.84. The molecule has 7 nitrogen and oxygen atoms in total. The number of amides is 1. The van der Waals surface area contributed by atoms with E-state index in [9.17, 15) is 9.59 Å². The lowest BCUT2D eigenvalue weighted by molar-refractivity contribution is -0.133. The molecule has 1 atom stereocenters. The van der Waals surface area contributed by atoms with Crippen LogP contribution < -0.4 is 5.56 Å². The molecule has 1 unspecified atom stereocenters. The summed E-state index contributed by atoms with van der Waals surface area (Å²) in [6, 6.07) is 8.71. The van der Waals surface area contributed by atoms with E-state index in [4.69, 9.17) is 0 Å². The van der Waals surface area contributed by atoms with Gasteiger partial charge >= 0.3 is 0 Å². The van der Waals surface area contributed by atoms with Crippen LogP contribution in [-0.4, -0.2) is 43.6 Å². The third kappa shape index (κ3) is 3.00. The average molecular weight is 351 g/mol. The summed E-state index contributed by atoms with van der Waals surface area (Å²) < 4.78 is 1.43. The number of rotatable bonds is 3. The smallest absolute Gasteiger partial charge is 0.265 e. The minimum absolute atomic E-state index is 0.0511. The summed E-state index contributed by atoms with van der Waals surface area (Å²) in [6.45, 7) is 1.47. The van der Waals surface area contributed by atoms with Crippen LogP contribution in [0.25, 0.3) is 11.0 Å². The zero-order valence-electron chi connectivity index (χ0n) is 14.5. The lowest BCUT2D eigenvalue weighted by atomic mass is 10.0. The van der Waals surface area contributed by atoms with Crippen LogP contribution in [-0.2, 0) is 4.79 Å². The number of fused-ring (bicyclic) bond motifs is 1. The Morgan fingerprint density at radius 1 is 1.08 bits per heavy atom. The first-order valence-corrected chi connectivity index (χ1v) is 8.99. The second kappa shape index (κ2) is 7.11. The zero-order valence-corrected chi connectivity index (χ0v) is 14.5. The van der Waals surface area contributed by atoms with Crippen molar-refractivity contribution in [3.63, 3.8) is 0 Å². The molecule has 3 aromatic rings. The monoisotopic (exact) mass is 351 g/mol. The molecule has 1 fully saturated rings. The lowest BCUT2D eigenvalue weighted by Crippen LogP contribution is -2.41. The summed E-state index contributed by atoms with van der Waals surface area (Å²) in [6.07, 6.45) is 7.18. The maximum Gasteiger partial charge on any atom is 0.265 e. The van der Waals surface area contributed by atoms with Crippen molar-refractivity contribution in [3.05, 3.63) is 58.8 Å². The van der Waals surface area contributed by atoms with Crippen LogP contribution in [0.5, 0.6) is 0 Å². The summed E-state index contributed by atoms with van der Waals surface area (Å²) in [7, 11) is 0. The molecular formula is C19H21N5O2. The van der Waals surface area contributed by atoms with Crippen LogP contribution in [0.1, 0.15) is 37.3 Å². The van der Waals surface area contributed by atoms with Gasteiger partial charge in [0.05, 0.1) is 6.20 Å². The fraction of sp³-hybridized carbons (Fsp3) is 0.368. The van der Waals surface area contributed by atoms with E-state index in [0.29, 0.717) is 11.0 Å². The number of hydrogen-bond acceptors (Lipinski definition) is 4. The standard InChI is InChI=1S/C19H21N5O2/c25-18-15-12-21-22-17(15)20-13-24(18)16(14-8-4-3-5-9-14)19(26)23-10-6-1-2-7-11-23/h3-5,8-9,12-13,16H,1-2,6-7,10-11H2,(H,21,22). The third-order valence-electron chi connectivity index (χ3n) is 4.94. The number of carbonyl (C=O) groups excluding carboxylic acids is 1. The van der Waals surface area contributed by atoms with E-state index in [1.54, 1.807) is 0 Å². The average Bonchev–Trinajstić information content (AvgIpc) is 2.99. The number of benzene rings is 1. The second-order valence-corrected chi connectivity index (χ2v) is 6.64. The van der Waals surface area contributed by atoms with Gasteiger partial charge in [-0.2, -0.15) is 5.10 Å². The molecule has 7 heteroatoms. The number of hydrogen-bond donors (Lipinski definition) is 1. The van der Waals surface area contributed by atoms with Gasteiger partial charge in [-0.1, -0.05) is 43.2 Å². The van der Waals surface area contributed by atoms with E-state index >= 15 is 0 Å². The summed E-state index contributed by atoms with van der Waals surface area (Å²) in [4.78, 5) is 32.5. The van der Waals surface area contributed by atoms with Crippen molar-refractivity contribution in [2.24, 2.45) is 0 Å². The van der Waals surface area contributed by atoms with Crippen molar-refractivity contribution in [3.8, 4) is 0 Å². The highest BCUT2D eigenvalue weighted by atomic mass is 16.2. The molecule has 0 radical (unpaired) electrons. The van der Waals surface area contributed by atoms with Crippen molar-refractivity contribution < 1.29 is 4.79 Å². The van der Waals surface area contributed by atoms with Gasteiger partial charge in [-0.15, -0.1) is 0 Å². The first kappa shape index (κ1) is 16.5. The summed E-state index contributed by atoms with van der Waals surface area (Å²) in [5.74, 6) is -0.0511. The molecule has 4 rings (SSSR count). The van der Waals surface area contributed by atoms with E-state index in [0.717, 1.165) is 44.3 Å². The number of H-pyrrole nitrogens is 1. The molecule has 0 bridgehead atoms. The van der Waals surface area contributed by atoms with Crippen LogP contribution in [0, 0.1) is 0 Å². The normalized spacial score (nSPS) is 16.4. The zero-order chi connectivity index (χ0) is 17.9. The van der Waals surface area contributed by atoms with Gasteiger partial charge in [-0.05, 0) is 18.4 Å². The number of nitrogens with one attached hydrogen (secondary N) is 1. The predicted molar refractivity (Wildman–Crippen MR) is 97.8 cm³/mol. The highest BCUT2D eigenvalue weighted by Gasteiger charge is 2.29. The number of aromatic amines is 1. The molecule has 134 valence electrons. The van der Waals surface area contributed by atoms with Gasteiger partial charge in [-0.3, -0.25) is 19.3 Å². The molecule has 0 spiro atoms. The molecule has 3 heterocycles. The van der Waals surface area contributed by atoms with E-state index < -0.39 is 6.04 Å². The summed E-state index contributed by atoms with van der Waals surface area (Å²) in [5, 5.41) is 6.97. The molecule has 1 aliphatic heterocycles. The van der Waals surface area contributed by atoms with Gasteiger partial charge < -0.3 is 4.90 Å². The number of aromatic nitrogens is 4. The van der Waals surface area contributed by atoms with Crippen molar-refractivity contribution >= 4 is 16.9 Å². The minimum Gasteiger partial charge on any atom is -0.341 e. The molecule has 1 aliphatic rings. The van der Waals surface area contributed by atoms with Crippen LogP contribution in [0.2, 0.25) is 0 Å². The topological polar surface area (TPSA) is 83.9 Å².